The Balaban J connectivity index is 0.000000434. The molecule has 0 aromatic heterocycles. The van der Waals surface area contributed by atoms with E-state index in [1.165, 1.54) is 4.90 Å². The largest absolute Gasteiger partial charge is 0.444 e. The van der Waals surface area contributed by atoms with Crippen molar-refractivity contribution in [3.8, 4) is 0 Å². The number of carbonyl (C=O) groups excluding carboxylic acids is 1. The second-order valence-electron chi connectivity index (χ2n) is 6.02. The Kier molecular flexibility index (Phi) is 8.42. The van der Waals surface area contributed by atoms with Crippen molar-refractivity contribution < 1.29 is 19.7 Å². The molecule has 3 N–H and O–H groups in total. The van der Waals surface area contributed by atoms with E-state index >= 15 is 0 Å². The van der Waals surface area contributed by atoms with Gasteiger partial charge in [-0.1, -0.05) is 0 Å². The summed E-state index contributed by atoms with van der Waals surface area (Å²) in [6, 6.07) is 0. The van der Waals surface area contributed by atoms with Gasteiger partial charge in [0.1, 0.15) is 5.60 Å². The predicted octanol–water partition coefficient (Wildman–Crippen LogP) is 0.751. The van der Waals surface area contributed by atoms with E-state index < -0.39 is 5.60 Å². The van der Waals surface area contributed by atoms with Gasteiger partial charge >= 0.3 is 6.09 Å². The molecular formula is C13H27ClN2O4. The number of aliphatic hydroxyl groups is 2. The van der Waals surface area contributed by atoms with Gasteiger partial charge in [0.2, 0.25) is 0 Å². The first-order chi connectivity index (χ1) is 8.78. The average Bonchev–Trinajstić information content (AvgIpc) is 2.88. The smallest absolute Gasteiger partial charge is 0.410 e. The van der Waals surface area contributed by atoms with E-state index in [-0.39, 0.29) is 30.7 Å². The van der Waals surface area contributed by atoms with E-state index in [1.807, 2.05) is 20.8 Å². The number of likely N-dealkylation sites (tertiary alicyclic amines) is 1. The minimum Gasteiger partial charge on any atom is -0.444 e. The minimum absolute atomic E-state index is 0. The molecular weight excluding hydrogens is 284 g/mol. The van der Waals surface area contributed by atoms with Gasteiger partial charge in [-0.2, -0.15) is 0 Å². The van der Waals surface area contributed by atoms with E-state index in [1.54, 1.807) is 0 Å². The lowest BCUT2D eigenvalue weighted by Crippen LogP contribution is -2.35. The maximum atomic E-state index is 11.4. The highest BCUT2D eigenvalue weighted by Gasteiger charge is 2.28. The molecule has 1 amide bonds. The fourth-order valence-corrected chi connectivity index (χ4v) is 1.87. The van der Waals surface area contributed by atoms with E-state index in [0.717, 1.165) is 19.5 Å². The Bertz CT molecular complexity index is 291. The summed E-state index contributed by atoms with van der Waals surface area (Å²) in [5, 5.41) is 20.9. The van der Waals surface area contributed by atoms with Crippen LogP contribution in [0.15, 0.2) is 0 Å². The first-order valence-electron chi connectivity index (χ1n) is 6.82. The van der Waals surface area contributed by atoms with Crippen LogP contribution in [0.4, 0.5) is 4.79 Å². The highest BCUT2D eigenvalue weighted by Crippen LogP contribution is 2.14. The lowest BCUT2D eigenvalue weighted by Gasteiger charge is -2.24. The van der Waals surface area contributed by atoms with Crippen molar-refractivity contribution in [2.45, 2.75) is 51.4 Å². The summed E-state index contributed by atoms with van der Waals surface area (Å²) in [6.45, 7) is 8.26. The third-order valence-electron chi connectivity index (χ3n) is 2.85. The molecule has 6 nitrogen and oxygen atoms in total. The molecule has 2 rings (SSSR count). The van der Waals surface area contributed by atoms with E-state index in [2.05, 4.69) is 5.32 Å². The van der Waals surface area contributed by atoms with Crippen molar-refractivity contribution in [1.82, 2.24) is 10.2 Å². The van der Waals surface area contributed by atoms with Gasteiger partial charge in [-0.15, -0.1) is 12.4 Å². The van der Waals surface area contributed by atoms with Crippen LogP contribution in [-0.2, 0) is 4.74 Å². The predicted molar refractivity (Wildman–Crippen MR) is 79.2 cm³/mol. The zero-order chi connectivity index (χ0) is 14.5. The lowest BCUT2D eigenvalue weighted by molar-refractivity contribution is 0.0270. The normalized spacial score (nSPS) is 25.6. The SMILES string of the molecule is CC(C)(C)OC(=O)N1CC[C@H](O)C1.Cl.O[C@H]1CCNC1. The molecule has 2 saturated heterocycles. The van der Waals surface area contributed by atoms with Gasteiger partial charge in [0.05, 0.1) is 12.2 Å². The van der Waals surface area contributed by atoms with Crippen molar-refractivity contribution in [2.24, 2.45) is 0 Å². The van der Waals surface area contributed by atoms with Crippen LogP contribution in [0.5, 0.6) is 0 Å². The van der Waals surface area contributed by atoms with E-state index in [4.69, 9.17) is 9.84 Å². The van der Waals surface area contributed by atoms with Crippen LogP contribution >= 0.6 is 12.4 Å². The molecule has 120 valence electrons. The van der Waals surface area contributed by atoms with Crippen molar-refractivity contribution in [3.05, 3.63) is 0 Å². The Morgan fingerprint density at radius 3 is 2.20 bits per heavy atom. The van der Waals surface area contributed by atoms with Gasteiger partial charge in [-0.3, -0.25) is 0 Å². The highest BCUT2D eigenvalue weighted by atomic mass is 35.5. The molecule has 2 aliphatic heterocycles. The molecule has 0 radical (unpaired) electrons. The molecule has 0 saturated carbocycles. The van der Waals surface area contributed by atoms with Gasteiger partial charge < -0.3 is 25.2 Å². The lowest BCUT2D eigenvalue weighted by atomic mass is 10.2. The quantitative estimate of drug-likeness (QED) is 0.615. The van der Waals surface area contributed by atoms with Crippen molar-refractivity contribution in [1.29, 1.82) is 0 Å². The Labute approximate surface area is 126 Å². The summed E-state index contributed by atoms with van der Waals surface area (Å²) in [4.78, 5) is 12.9. The van der Waals surface area contributed by atoms with Crippen molar-refractivity contribution >= 4 is 18.5 Å². The Morgan fingerprint density at radius 1 is 1.25 bits per heavy atom. The molecule has 2 fully saturated rings. The number of β-amino-alcohol motifs (C(OH)–C–C–N with tert-alkyl or cyclic N) is 2. The number of hydrogen-bond acceptors (Lipinski definition) is 5. The molecule has 0 spiro atoms. The fourth-order valence-electron chi connectivity index (χ4n) is 1.87. The van der Waals surface area contributed by atoms with Crippen LogP contribution < -0.4 is 5.32 Å². The molecule has 2 heterocycles. The standard InChI is InChI=1S/C9H17NO3.C4H9NO.ClH/c1-9(2,3)13-8(12)10-5-4-7(11)6-10;6-4-1-2-5-3-4;/h7,11H,4-6H2,1-3H3;4-6H,1-3H2;1H/t7-;4-;/m00./s1. The fraction of sp³-hybridized carbons (Fsp3) is 0.923. The molecule has 20 heavy (non-hydrogen) atoms. The number of amides is 1. The number of carbonyl (C=O) groups is 1. The third kappa shape index (κ3) is 7.89. The number of ether oxygens (including phenoxy) is 1. The summed E-state index contributed by atoms with van der Waals surface area (Å²) in [5.41, 5.74) is -0.454. The van der Waals surface area contributed by atoms with Crippen LogP contribution in [-0.4, -0.2) is 65.2 Å². The topological polar surface area (TPSA) is 82.0 Å². The van der Waals surface area contributed by atoms with E-state index in [9.17, 15) is 9.90 Å². The van der Waals surface area contributed by atoms with Gasteiger partial charge in [0.25, 0.3) is 0 Å². The second-order valence-corrected chi connectivity index (χ2v) is 6.02. The zero-order valence-corrected chi connectivity index (χ0v) is 13.3. The Morgan fingerprint density at radius 2 is 1.90 bits per heavy atom. The van der Waals surface area contributed by atoms with E-state index in [0.29, 0.717) is 19.5 Å². The summed E-state index contributed by atoms with van der Waals surface area (Å²) >= 11 is 0. The molecule has 7 heteroatoms. The average molecular weight is 311 g/mol. The molecule has 0 aliphatic carbocycles. The van der Waals surface area contributed by atoms with Crippen LogP contribution in [0.25, 0.3) is 0 Å². The minimum atomic E-state index is -0.454. The Hall–Kier alpha value is -0.560. The molecule has 0 unspecified atom stereocenters. The monoisotopic (exact) mass is 310 g/mol. The highest BCUT2D eigenvalue weighted by molar-refractivity contribution is 5.85. The zero-order valence-electron chi connectivity index (χ0n) is 12.5. The maximum Gasteiger partial charge on any atom is 0.410 e. The first-order valence-corrected chi connectivity index (χ1v) is 6.82. The van der Waals surface area contributed by atoms with Gasteiger partial charge in [-0.05, 0) is 40.2 Å². The van der Waals surface area contributed by atoms with Gasteiger partial charge in [0, 0.05) is 19.6 Å². The van der Waals surface area contributed by atoms with Crippen molar-refractivity contribution in [3.63, 3.8) is 0 Å². The second kappa shape index (κ2) is 8.67. The molecule has 2 aliphatic rings. The summed E-state index contributed by atoms with van der Waals surface area (Å²) in [7, 11) is 0. The summed E-state index contributed by atoms with van der Waals surface area (Å²) in [6.07, 6.45) is 0.806. The number of hydrogen-bond donors (Lipinski definition) is 3. The van der Waals surface area contributed by atoms with Crippen LogP contribution in [0.2, 0.25) is 0 Å². The molecule has 0 bridgehead atoms. The number of rotatable bonds is 0. The van der Waals surface area contributed by atoms with Crippen molar-refractivity contribution in [2.75, 3.05) is 26.2 Å². The molecule has 2 atom stereocenters. The number of nitrogens with zero attached hydrogens (tertiary/aromatic N) is 1. The first kappa shape index (κ1) is 19.4. The van der Waals surface area contributed by atoms with Gasteiger partial charge in [0.15, 0.2) is 0 Å². The third-order valence-corrected chi connectivity index (χ3v) is 2.85. The number of aliphatic hydroxyl groups excluding tert-OH is 2. The molecule has 0 aromatic rings. The maximum absolute atomic E-state index is 11.4. The summed E-state index contributed by atoms with van der Waals surface area (Å²) in [5.74, 6) is 0. The van der Waals surface area contributed by atoms with Crippen LogP contribution in [0, 0.1) is 0 Å². The molecule has 0 aromatic carbocycles. The number of halogens is 1. The summed E-state index contributed by atoms with van der Waals surface area (Å²) < 4.78 is 5.15. The number of nitrogens with one attached hydrogen (secondary N) is 1. The van der Waals surface area contributed by atoms with Crippen LogP contribution in [0.1, 0.15) is 33.6 Å². The van der Waals surface area contributed by atoms with Crippen LogP contribution in [0.3, 0.4) is 0 Å². The van der Waals surface area contributed by atoms with Gasteiger partial charge in [-0.25, -0.2) is 4.79 Å².